The van der Waals surface area contributed by atoms with E-state index < -0.39 is 0 Å². The summed E-state index contributed by atoms with van der Waals surface area (Å²) in [6.45, 7) is 2.67. The highest BCUT2D eigenvalue weighted by molar-refractivity contribution is 6.31. The van der Waals surface area contributed by atoms with Crippen molar-refractivity contribution in [2.45, 2.75) is 31.7 Å². The minimum atomic E-state index is 0.0445. The van der Waals surface area contributed by atoms with Crippen LogP contribution in [0, 0.1) is 0 Å². The first-order valence-corrected chi connectivity index (χ1v) is 10.8. The normalized spacial score (nSPS) is 14.8. The fraction of sp³-hybridized carbons (Fsp3) is 0.375. The lowest BCUT2D eigenvalue weighted by Crippen LogP contribution is -2.23. The second kappa shape index (κ2) is 9.11. The zero-order valence-corrected chi connectivity index (χ0v) is 18.3. The average molecular weight is 426 g/mol. The molecule has 5 nitrogen and oxygen atoms in total. The number of aromatic nitrogens is 1. The molecule has 1 amide bonds. The van der Waals surface area contributed by atoms with E-state index in [1.807, 2.05) is 18.2 Å². The number of fused-ring (bicyclic) bond motifs is 3. The lowest BCUT2D eigenvalue weighted by atomic mass is 9.94. The molecule has 1 aliphatic rings. The quantitative estimate of drug-likeness (QED) is 0.629. The molecule has 0 bridgehead atoms. The van der Waals surface area contributed by atoms with Gasteiger partial charge in [0, 0.05) is 60.5 Å². The number of hydrogen-bond donors (Lipinski definition) is 2. The predicted octanol–water partition coefficient (Wildman–Crippen LogP) is 3.91. The zero-order valence-electron chi connectivity index (χ0n) is 17.5. The lowest BCUT2D eigenvalue weighted by Gasteiger charge is -2.21. The van der Waals surface area contributed by atoms with Gasteiger partial charge in [-0.15, -0.1) is 0 Å². The van der Waals surface area contributed by atoms with Gasteiger partial charge in [0.1, 0.15) is 5.75 Å². The number of methoxy groups -OCH3 is 1. The largest absolute Gasteiger partial charge is 0.497 e. The maximum atomic E-state index is 12.3. The summed E-state index contributed by atoms with van der Waals surface area (Å²) in [7, 11) is 3.36. The molecule has 2 aromatic carbocycles. The summed E-state index contributed by atoms with van der Waals surface area (Å²) >= 11 is 6.34. The van der Waals surface area contributed by atoms with E-state index in [-0.39, 0.29) is 11.8 Å². The van der Waals surface area contributed by atoms with Gasteiger partial charge in [-0.2, -0.15) is 0 Å². The van der Waals surface area contributed by atoms with Crippen molar-refractivity contribution in [1.82, 2.24) is 15.2 Å². The van der Waals surface area contributed by atoms with Gasteiger partial charge in [0.05, 0.1) is 7.11 Å². The summed E-state index contributed by atoms with van der Waals surface area (Å²) < 4.78 is 7.72. The van der Waals surface area contributed by atoms with Crippen LogP contribution in [-0.2, 0) is 24.2 Å². The Labute approximate surface area is 182 Å². The van der Waals surface area contributed by atoms with Gasteiger partial charge in [0.2, 0.25) is 5.91 Å². The molecule has 158 valence electrons. The second-order valence-electron chi connectivity index (χ2n) is 7.79. The minimum absolute atomic E-state index is 0.0445. The van der Waals surface area contributed by atoms with E-state index in [1.165, 1.54) is 22.2 Å². The van der Waals surface area contributed by atoms with Crippen molar-refractivity contribution in [3.05, 3.63) is 64.3 Å². The SMILES string of the molecule is CNC(=O)CC(Cn1c2c(c3cc(Cl)ccc31)CCNCC2)c1ccc(OC)cc1. The number of ether oxygens (including phenoxy) is 1. The molecule has 0 saturated carbocycles. The van der Waals surface area contributed by atoms with Crippen molar-refractivity contribution in [3.8, 4) is 5.75 Å². The van der Waals surface area contributed by atoms with Crippen LogP contribution in [0.3, 0.4) is 0 Å². The smallest absolute Gasteiger partial charge is 0.220 e. The zero-order chi connectivity index (χ0) is 21.1. The van der Waals surface area contributed by atoms with Crippen molar-refractivity contribution in [2.75, 3.05) is 27.2 Å². The van der Waals surface area contributed by atoms with Gasteiger partial charge in [0.15, 0.2) is 0 Å². The van der Waals surface area contributed by atoms with Gasteiger partial charge in [-0.1, -0.05) is 23.7 Å². The van der Waals surface area contributed by atoms with E-state index in [0.717, 1.165) is 48.8 Å². The van der Waals surface area contributed by atoms with Crippen molar-refractivity contribution >= 4 is 28.4 Å². The lowest BCUT2D eigenvalue weighted by molar-refractivity contribution is -0.121. The maximum Gasteiger partial charge on any atom is 0.220 e. The van der Waals surface area contributed by atoms with Crippen LogP contribution in [0.25, 0.3) is 10.9 Å². The molecule has 3 aromatic rings. The molecule has 1 aliphatic heterocycles. The molecule has 30 heavy (non-hydrogen) atoms. The van der Waals surface area contributed by atoms with Crippen LogP contribution in [-0.4, -0.2) is 37.7 Å². The van der Waals surface area contributed by atoms with E-state index in [1.54, 1.807) is 14.2 Å². The summed E-state index contributed by atoms with van der Waals surface area (Å²) in [5, 5.41) is 8.28. The van der Waals surface area contributed by atoms with Crippen molar-refractivity contribution in [2.24, 2.45) is 0 Å². The Balaban J connectivity index is 1.78. The predicted molar refractivity (Wildman–Crippen MR) is 122 cm³/mol. The fourth-order valence-corrected chi connectivity index (χ4v) is 4.65. The third-order valence-electron chi connectivity index (χ3n) is 6.04. The molecule has 2 N–H and O–H groups in total. The van der Waals surface area contributed by atoms with Gasteiger partial charge in [-0.3, -0.25) is 4.79 Å². The van der Waals surface area contributed by atoms with Crippen LogP contribution in [0.1, 0.15) is 29.2 Å². The molecule has 2 heterocycles. The summed E-state index contributed by atoms with van der Waals surface area (Å²) in [6.07, 6.45) is 2.39. The average Bonchev–Trinajstić information content (AvgIpc) is 2.91. The van der Waals surface area contributed by atoms with E-state index in [4.69, 9.17) is 16.3 Å². The Morgan fingerprint density at radius 2 is 1.97 bits per heavy atom. The third kappa shape index (κ3) is 4.18. The molecule has 0 saturated heterocycles. The van der Waals surface area contributed by atoms with Gasteiger partial charge in [0.25, 0.3) is 0 Å². The molecule has 6 heteroatoms. The summed E-state index contributed by atoms with van der Waals surface area (Å²) in [4.78, 5) is 12.3. The monoisotopic (exact) mass is 425 g/mol. The number of benzene rings is 2. The molecule has 0 fully saturated rings. The summed E-state index contributed by atoms with van der Waals surface area (Å²) in [6, 6.07) is 14.2. The molecule has 0 aliphatic carbocycles. The number of carbonyl (C=O) groups is 1. The highest BCUT2D eigenvalue weighted by atomic mass is 35.5. The highest BCUT2D eigenvalue weighted by Gasteiger charge is 2.23. The highest BCUT2D eigenvalue weighted by Crippen LogP contribution is 2.33. The number of rotatable bonds is 6. The van der Waals surface area contributed by atoms with E-state index in [0.29, 0.717) is 6.42 Å². The van der Waals surface area contributed by atoms with Gasteiger partial charge in [-0.05, 0) is 54.4 Å². The van der Waals surface area contributed by atoms with E-state index in [9.17, 15) is 4.79 Å². The Kier molecular flexibility index (Phi) is 6.30. The van der Waals surface area contributed by atoms with Crippen LogP contribution in [0.2, 0.25) is 5.02 Å². The molecule has 4 rings (SSSR count). The van der Waals surface area contributed by atoms with Gasteiger partial charge in [-0.25, -0.2) is 0 Å². The molecular formula is C24H28ClN3O2. The molecule has 1 unspecified atom stereocenters. The number of amides is 1. The van der Waals surface area contributed by atoms with Crippen LogP contribution in [0.4, 0.5) is 0 Å². The van der Waals surface area contributed by atoms with Gasteiger partial charge >= 0.3 is 0 Å². The van der Waals surface area contributed by atoms with E-state index >= 15 is 0 Å². The molecule has 0 spiro atoms. The number of halogens is 1. The first-order valence-electron chi connectivity index (χ1n) is 10.5. The van der Waals surface area contributed by atoms with Crippen LogP contribution >= 0.6 is 11.6 Å². The Hall–Kier alpha value is -2.50. The van der Waals surface area contributed by atoms with Crippen molar-refractivity contribution in [1.29, 1.82) is 0 Å². The van der Waals surface area contributed by atoms with Crippen LogP contribution < -0.4 is 15.4 Å². The number of nitrogens with zero attached hydrogens (tertiary/aromatic N) is 1. The molecule has 1 atom stereocenters. The van der Waals surface area contributed by atoms with Crippen LogP contribution in [0.5, 0.6) is 5.75 Å². The standard InChI is InChI=1S/C24H28ClN3O2/c1-26-24(29)13-17(16-3-6-19(30-2)7-4-16)15-28-22-8-5-18(25)14-21(22)20-9-11-27-12-10-23(20)28/h3-8,14,17,27H,9-13,15H2,1-2H3,(H,26,29). The molecule has 0 radical (unpaired) electrons. The topological polar surface area (TPSA) is 55.3 Å². The minimum Gasteiger partial charge on any atom is -0.497 e. The second-order valence-corrected chi connectivity index (χ2v) is 8.23. The molecular weight excluding hydrogens is 398 g/mol. The fourth-order valence-electron chi connectivity index (χ4n) is 4.48. The Morgan fingerprint density at radius 1 is 1.20 bits per heavy atom. The maximum absolute atomic E-state index is 12.3. The number of hydrogen-bond acceptors (Lipinski definition) is 3. The van der Waals surface area contributed by atoms with Crippen molar-refractivity contribution < 1.29 is 9.53 Å². The van der Waals surface area contributed by atoms with Crippen LogP contribution in [0.15, 0.2) is 42.5 Å². The number of nitrogens with one attached hydrogen (secondary N) is 2. The van der Waals surface area contributed by atoms with Gasteiger partial charge < -0.3 is 19.9 Å². The first-order chi connectivity index (χ1) is 14.6. The van der Waals surface area contributed by atoms with E-state index in [2.05, 4.69) is 39.5 Å². The Bertz CT molecular complexity index is 1040. The summed E-state index contributed by atoms with van der Waals surface area (Å²) in [5.74, 6) is 0.920. The molecule has 1 aromatic heterocycles. The first kappa shape index (κ1) is 20.8. The van der Waals surface area contributed by atoms with Crippen molar-refractivity contribution in [3.63, 3.8) is 0 Å². The summed E-state index contributed by atoms with van der Waals surface area (Å²) in [5.41, 5.74) is 5.07. The Morgan fingerprint density at radius 3 is 2.70 bits per heavy atom. The third-order valence-corrected chi connectivity index (χ3v) is 6.27. The number of carbonyl (C=O) groups excluding carboxylic acids is 1.